The zero-order valence-electron chi connectivity index (χ0n) is 7.74. The van der Waals surface area contributed by atoms with Crippen molar-refractivity contribution in [3.8, 4) is 0 Å². The van der Waals surface area contributed by atoms with Crippen molar-refractivity contribution in [2.24, 2.45) is 4.99 Å². The summed E-state index contributed by atoms with van der Waals surface area (Å²) in [6, 6.07) is 7.00. The molecule has 74 valence electrons. The van der Waals surface area contributed by atoms with Crippen LogP contribution in [0.4, 0.5) is 4.79 Å². The SMILES string of the molecule is CCOC(=O)/N=C/c1ccc(Cl)cc1. The molecule has 0 saturated carbocycles. The first-order valence-corrected chi connectivity index (χ1v) is 4.56. The van der Waals surface area contributed by atoms with Crippen LogP contribution in [0.2, 0.25) is 5.02 Å². The van der Waals surface area contributed by atoms with Gasteiger partial charge in [-0.2, -0.15) is 4.99 Å². The van der Waals surface area contributed by atoms with Gasteiger partial charge in [-0.1, -0.05) is 23.7 Å². The Morgan fingerprint density at radius 3 is 2.71 bits per heavy atom. The van der Waals surface area contributed by atoms with Crippen molar-refractivity contribution >= 4 is 23.9 Å². The van der Waals surface area contributed by atoms with Gasteiger partial charge in [-0.3, -0.25) is 0 Å². The van der Waals surface area contributed by atoms with Crippen molar-refractivity contribution in [2.75, 3.05) is 6.61 Å². The molecule has 1 rings (SSSR count). The minimum atomic E-state index is -0.581. The normalized spacial score (nSPS) is 10.4. The second kappa shape index (κ2) is 5.40. The number of carbonyl (C=O) groups is 1. The molecule has 0 aliphatic heterocycles. The van der Waals surface area contributed by atoms with Gasteiger partial charge >= 0.3 is 6.09 Å². The average molecular weight is 212 g/mol. The van der Waals surface area contributed by atoms with E-state index in [1.54, 1.807) is 31.2 Å². The highest BCUT2D eigenvalue weighted by molar-refractivity contribution is 6.30. The summed E-state index contributed by atoms with van der Waals surface area (Å²) in [7, 11) is 0. The molecule has 0 N–H and O–H groups in total. The van der Waals surface area contributed by atoms with Crippen molar-refractivity contribution in [1.29, 1.82) is 0 Å². The van der Waals surface area contributed by atoms with Crippen LogP contribution in [0.15, 0.2) is 29.3 Å². The van der Waals surface area contributed by atoms with E-state index in [0.717, 1.165) is 5.56 Å². The first-order chi connectivity index (χ1) is 6.72. The standard InChI is InChI=1S/C10H10ClNO2/c1-2-14-10(13)12-7-8-3-5-9(11)6-4-8/h3-7H,2H2,1H3/b12-7+. The maximum Gasteiger partial charge on any atom is 0.433 e. The summed E-state index contributed by atoms with van der Waals surface area (Å²) in [5.41, 5.74) is 0.808. The van der Waals surface area contributed by atoms with E-state index in [1.807, 2.05) is 0 Å². The van der Waals surface area contributed by atoms with Crippen molar-refractivity contribution in [2.45, 2.75) is 6.92 Å². The fraction of sp³-hybridized carbons (Fsp3) is 0.200. The smallest absolute Gasteiger partial charge is 0.433 e. The van der Waals surface area contributed by atoms with E-state index in [-0.39, 0.29) is 0 Å². The van der Waals surface area contributed by atoms with Crippen LogP contribution < -0.4 is 0 Å². The predicted molar refractivity (Wildman–Crippen MR) is 56.1 cm³/mol. The van der Waals surface area contributed by atoms with Gasteiger partial charge in [-0.15, -0.1) is 0 Å². The molecule has 0 saturated heterocycles. The van der Waals surface area contributed by atoms with E-state index in [0.29, 0.717) is 11.6 Å². The highest BCUT2D eigenvalue weighted by atomic mass is 35.5. The summed E-state index contributed by atoms with van der Waals surface area (Å²) in [6.45, 7) is 2.06. The zero-order valence-corrected chi connectivity index (χ0v) is 8.49. The molecule has 0 aliphatic rings. The Labute approximate surface area is 87.4 Å². The van der Waals surface area contributed by atoms with E-state index in [9.17, 15) is 4.79 Å². The lowest BCUT2D eigenvalue weighted by Crippen LogP contribution is -1.97. The zero-order chi connectivity index (χ0) is 10.4. The molecular weight excluding hydrogens is 202 g/mol. The molecule has 0 atom stereocenters. The maximum absolute atomic E-state index is 10.8. The highest BCUT2D eigenvalue weighted by Gasteiger charge is 1.94. The van der Waals surface area contributed by atoms with E-state index < -0.39 is 6.09 Å². The molecule has 0 spiro atoms. The van der Waals surface area contributed by atoms with Crippen molar-refractivity contribution in [1.82, 2.24) is 0 Å². The number of halogens is 1. The van der Waals surface area contributed by atoms with Crippen LogP contribution in [0.3, 0.4) is 0 Å². The lowest BCUT2D eigenvalue weighted by atomic mass is 10.2. The van der Waals surface area contributed by atoms with Crippen molar-refractivity contribution in [3.63, 3.8) is 0 Å². The molecule has 0 unspecified atom stereocenters. The quantitative estimate of drug-likeness (QED) is 0.706. The van der Waals surface area contributed by atoms with Crippen LogP contribution in [0.25, 0.3) is 0 Å². The molecule has 0 fully saturated rings. The summed E-state index contributed by atoms with van der Waals surface area (Å²) >= 11 is 5.69. The second-order valence-corrected chi connectivity index (χ2v) is 2.95. The molecule has 0 aliphatic carbocycles. The number of rotatable bonds is 2. The average Bonchev–Trinajstić information content (AvgIpc) is 2.17. The molecule has 1 aromatic rings. The molecule has 0 radical (unpaired) electrons. The third kappa shape index (κ3) is 3.58. The molecule has 1 aromatic carbocycles. The number of benzene rings is 1. The van der Waals surface area contributed by atoms with Gasteiger partial charge in [0.25, 0.3) is 0 Å². The number of aliphatic imine (C=N–C) groups is 1. The maximum atomic E-state index is 10.8. The molecule has 3 nitrogen and oxygen atoms in total. The number of amides is 1. The Balaban J connectivity index is 2.60. The van der Waals surface area contributed by atoms with Gasteiger partial charge in [-0.25, -0.2) is 4.79 Å². The topological polar surface area (TPSA) is 38.7 Å². The van der Waals surface area contributed by atoms with Crippen LogP contribution in [0, 0.1) is 0 Å². The second-order valence-electron chi connectivity index (χ2n) is 2.51. The summed E-state index contributed by atoms with van der Waals surface area (Å²) in [6.07, 6.45) is 0.858. The Hall–Kier alpha value is -1.35. The first kappa shape index (κ1) is 10.7. The third-order valence-corrected chi connectivity index (χ3v) is 1.71. The van der Waals surface area contributed by atoms with Crippen LogP contribution in [0.1, 0.15) is 12.5 Å². The van der Waals surface area contributed by atoms with E-state index in [1.165, 1.54) is 6.21 Å². The molecule has 1 amide bonds. The van der Waals surface area contributed by atoms with Gasteiger partial charge in [0.05, 0.1) is 6.61 Å². The molecule has 4 heteroatoms. The van der Waals surface area contributed by atoms with E-state index >= 15 is 0 Å². The van der Waals surface area contributed by atoms with Gasteiger partial charge in [0.2, 0.25) is 0 Å². The lowest BCUT2D eigenvalue weighted by Gasteiger charge is -1.94. The van der Waals surface area contributed by atoms with Crippen LogP contribution >= 0.6 is 11.6 Å². The van der Waals surface area contributed by atoms with Crippen LogP contribution in [-0.4, -0.2) is 18.9 Å². The number of ether oxygens (including phenoxy) is 1. The van der Waals surface area contributed by atoms with Crippen molar-refractivity contribution in [3.05, 3.63) is 34.9 Å². The Morgan fingerprint density at radius 2 is 2.14 bits per heavy atom. The van der Waals surface area contributed by atoms with Gasteiger partial charge in [0, 0.05) is 11.2 Å². The Morgan fingerprint density at radius 1 is 1.50 bits per heavy atom. The van der Waals surface area contributed by atoms with Crippen LogP contribution in [0.5, 0.6) is 0 Å². The van der Waals surface area contributed by atoms with Crippen LogP contribution in [-0.2, 0) is 4.74 Å². The summed E-state index contributed by atoms with van der Waals surface area (Å²) in [4.78, 5) is 14.4. The molecule has 0 bridgehead atoms. The molecular formula is C10H10ClNO2. The number of carbonyl (C=O) groups excluding carboxylic acids is 1. The fourth-order valence-electron chi connectivity index (χ4n) is 0.837. The monoisotopic (exact) mass is 211 g/mol. The minimum absolute atomic E-state index is 0.330. The van der Waals surface area contributed by atoms with E-state index in [4.69, 9.17) is 11.6 Å². The number of hydrogen-bond donors (Lipinski definition) is 0. The summed E-state index contributed by atoms with van der Waals surface area (Å²) in [5.74, 6) is 0. The molecule has 0 heterocycles. The third-order valence-electron chi connectivity index (χ3n) is 1.46. The Bertz CT molecular complexity index is 332. The molecule has 0 aromatic heterocycles. The van der Waals surface area contributed by atoms with E-state index in [2.05, 4.69) is 9.73 Å². The van der Waals surface area contributed by atoms with Crippen molar-refractivity contribution < 1.29 is 9.53 Å². The number of nitrogens with zero attached hydrogens (tertiary/aromatic N) is 1. The first-order valence-electron chi connectivity index (χ1n) is 4.18. The largest absolute Gasteiger partial charge is 0.448 e. The van der Waals surface area contributed by atoms with Gasteiger partial charge in [0.1, 0.15) is 0 Å². The predicted octanol–water partition coefficient (Wildman–Crippen LogP) is 2.92. The molecule has 14 heavy (non-hydrogen) atoms. The lowest BCUT2D eigenvalue weighted by molar-refractivity contribution is 0.164. The Kier molecular flexibility index (Phi) is 4.13. The van der Waals surface area contributed by atoms with Gasteiger partial charge in [-0.05, 0) is 24.6 Å². The summed E-state index contributed by atoms with van der Waals surface area (Å²) < 4.78 is 4.62. The minimum Gasteiger partial charge on any atom is -0.448 e. The van der Waals surface area contributed by atoms with Gasteiger partial charge < -0.3 is 4.74 Å². The summed E-state index contributed by atoms with van der Waals surface area (Å²) in [5, 5.41) is 0.651. The highest BCUT2D eigenvalue weighted by Crippen LogP contribution is 2.07. The number of hydrogen-bond acceptors (Lipinski definition) is 2. The van der Waals surface area contributed by atoms with Gasteiger partial charge in [0.15, 0.2) is 0 Å². The fourth-order valence-corrected chi connectivity index (χ4v) is 0.963.